The van der Waals surface area contributed by atoms with Crippen molar-refractivity contribution in [2.24, 2.45) is 0 Å². The van der Waals surface area contributed by atoms with E-state index in [1.807, 2.05) is 6.92 Å². The molecule has 52 valence electrons. The van der Waals surface area contributed by atoms with Gasteiger partial charge in [0.25, 0.3) is 5.70 Å². The zero-order chi connectivity index (χ0) is 7.98. The first-order chi connectivity index (χ1) is 4.79. The van der Waals surface area contributed by atoms with Crippen LogP contribution in [0.5, 0.6) is 0 Å². The largest absolute Gasteiger partial charge is 0.511 e. The number of nitrogens with zero attached hydrogens (tertiary/aromatic N) is 2. The Balaban J connectivity index is 4.62. The SMILES string of the molecule is [C-]#[N+]/C(C#N)=C(\CC)OC. The molecule has 0 atom stereocenters. The fourth-order valence-electron chi connectivity index (χ4n) is 0.558. The number of nitriles is 1. The Kier molecular flexibility index (Phi) is 3.75. The van der Waals surface area contributed by atoms with E-state index in [2.05, 4.69) is 4.85 Å². The van der Waals surface area contributed by atoms with E-state index in [-0.39, 0.29) is 5.70 Å². The lowest BCUT2D eigenvalue weighted by Crippen LogP contribution is -1.87. The molecule has 0 unspecified atom stereocenters. The summed E-state index contributed by atoms with van der Waals surface area (Å²) in [5, 5.41) is 8.36. The van der Waals surface area contributed by atoms with Crippen LogP contribution in [0.4, 0.5) is 0 Å². The molecule has 0 saturated heterocycles. The molecule has 0 aromatic heterocycles. The van der Waals surface area contributed by atoms with Crippen molar-refractivity contribution in [1.29, 1.82) is 5.26 Å². The van der Waals surface area contributed by atoms with Crippen molar-refractivity contribution in [3.05, 3.63) is 22.9 Å². The summed E-state index contributed by atoms with van der Waals surface area (Å²) in [5.74, 6) is 0.456. The summed E-state index contributed by atoms with van der Waals surface area (Å²) >= 11 is 0. The highest BCUT2D eigenvalue weighted by molar-refractivity contribution is 5.30. The molecule has 0 aliphatic carbocycles. The molecule has 0 amide bonds. The van der Waals surface area contributed by atoms with Crippen LogP contribution in [0.3, 0.4) is 0 Å². The Morgan fingerprint density at radius 3 is 2.50 bits per heavy atom. The van der Waals surface area contributed by atoms with Crippen LogP contribution < -0.4 is 0 Å². The number of hydrogen-bond donors (Lipinski definition) is 0. The second-order valence-corrected chi connectivity index (χ2v) is 1.55. The van der Waals surface area contributed by atoms with Gasteiger partial charge in [0, 0.05) is 0 Å². The molecule has 0 heterocycles. The van der Waals surface area contributed by atoms with Gasteiger partial charge in [-0.2, -0.15) is 0 Å². The molecule has 0 spiro atoms. The van der Waals surface area contributed by atoms with E-state index in [0.717, 1.165) is 0 Å². The van der Waals surface area contributed by atoms with E-state index in [4.69, 9.17) is 16.6 Å². The highest BCUT2D eigenvalue weighted by Gasteiger charge is 2.02. The third-order valence-corrected chi connectivity index (χ3v) is 1.05. The molecule has 0 rings (SSSR count). The number of ether oxygens (including phenoxy) is 1. The van der Waals surface area contributed by atoms with Crippen LogP contribution in [0, 0.1) is 17.9 Å². The molecule has 0 aromatic carbocycles. The quantitative estimate of drug-likeness (QED) is 0.329. The Hall–Kier alpha value is -1.48. The zero-order valence-corrected chi connectivity index (χ0v) is 6.01. The van der Waals surface area contributed by atoms with Gasteiger partial charge in [-0.3, -0.25) is 0 Å². The van der Waals surface area contributed by atoms with E-state index in [9.17, 15) is 0 Å². The number of allylic oxidation sites excluding steroid dienone is 2. The van der Waals surface area contributed by atoms with Gasteiger partial charge in [-0.15, -0.1) is 0 Å². The molecule has 0 bridgehead atoms. The average molecular weight is 136 g/mol. The number of hydrogen-bond acceptors (Lipinski definition) is 2. The summed E-state index contributed by atoms with van der Waals surface area (Å²) in [6.45, 7) is 8.40. The third kappa shape index (κ3) is 1.80. The Morgan fingerprint density at radius 2 is 2.40 bits per heavy atom. The lowest BCUT2D eigenvalue weighted by atomic mass is 10.3. The zero-order valence-electron chi connectivity index (χ0n) is 6.01. The highest BCUT2D eigenvalue weighted by atomic mass is 16.5. The Bertz CT molecular complexity index is 195. The summed E-state index contributed by atoms with van der Waals surface area (Å²) in [4.78, 5) is 2.99. The van der Waals surface area contributed by atoms with Crippen molar-refractivity contribution >= 4 is 0 Å². The molecule has 0 N–H and O–H groups in total. The fraction of sp³-hybridized carbons (Fsp3) is 0.429. The van der Waals surface area contributed by atoms with Crippen molar-refractivity contribution in [3.63, 3.8) is 0 Å². The number of rotatable bonds is 2. The van der Waals surface area contributed by atoms with Gasteiger partial charge in [0.1, 0.15) is 5.76 Å². The lowest BCUT2D eigenvalue weighted by Gasteiger charge is -2.00. The minimum Gasteiger partial charge on any atom is -0.511 e. The minimum absolute atomic E-state index is 0.0463. The van der Waals surface area contributed by atoms with Crippen LogP contribution in [0.1, 0.15) is 13.3 Å². The van der Waals surface area contributed by atoms with Gasteiger partial charge in [-0.1, -0.05) is 6.92 Å². The van der Waals surface area contributed by atoms with Gasteiger partial charge in [0.2, 0.25) is 0 Å². The van der Waals surface area contributed by atoms with Gasteiger partial charge in [0.05, 0.1) is 19.8 Å². The molecule has 0 aliphatic heterocycles. The summed E-state index contributed by atoms with van der Waals surface area (Å²) in [7, 11) is 1.46. The second-order valence-electron chi connectivity index (χ2n) is 1.55. The van der Waals surface area contributed by atoms with Crippen LogP contribution in [0.2, 0.25) is 0 Å². The summed E-state index contributed by atoms with van der Waals surface area (Å²) in [6.07, 6.45) is 0.585. The predicted octanol–water partition coefficient (Wildman–Crippen LogP) is 1.70. The topological polar surface area (TPSA) is 37.4 Å². The molecule has 3 nitrogen and oxygen atoms in total. The van der Waals surface area contributed by atoms with Gasteiger partial charge < -0.3 is 4.74 Å². The molecule has 0 radical (unpaired) electrons. The first-order valence-corrected chi connectivity index (χ1v) is 2.84. The van der Waals surface area contributed by atoms with Crippen LogP contribution in [0.15, 0.2) is 11.5 Å². The van der Waals surface area contributed by atoms with Crippen LogP contribution in [-0.2, 0) is 4.74 Å². The van der Waals surface area contributed by atoms with Crippen molar-refractivity contribution in [2.45, 2.75) is 13.3 Å². The minimum atomic E-state index is 0.0463. The van der Waals surface area contributed by atoms with Crippen LogP contribution in [0.25, 0.3) is 4.85 Å². The van der Waals surface area contributed by atoms with E-state index in [1.54, 1.807) is 6.07 Å². The molecule has 0 aliphatic rings. The Morgan fingerprint density at radius 1 is 1.80 bits per heavy atom. The van der Waals surface area contributed by atoms with Crippen molar-refractivity contribution in [3.8, 4) is 6.07 Å². The van der Waals surface area contributed by atoms with Crippen molar-refractivity contribution in [2.75, 3.05) is 7.11 Å². The lowest BCUT2D eigenvalue weighted by molar-refractivity contribution is 0.278. The summed E-state index contributed by atoms with van der Waals surface area (Å²) in [5.41, 5.74) is 0.0463. The maximum Gasteiger partial charge on any atom is 0.298 e. The molecule has 0 fully saturated rings. The van der Waals surface area contributed by atoms with Crippen LogP contribution in [-0.4, -0.2) is 7.11 Å². The Labute approximate surface area is 60.3 Å². The second kappa shape index (κ2) is 4.40. The monoisotopic (exact) mass is 136 g/mol. The fourth-order valence-corrected chi connectivity index (χ4v) is 0.558. The van der Waals surface area contributed by atoms with Gasteiger partial charge >= 0.3 is 0 Å². The highest BCUT2D eigenvalue weighted by Crippen LogP contribution is 2.08. The maximum absolute atomic E-state index is 8.36. The van der Waals surface area contributed by atoms with E-state index >= 15 is 0 Å². The van der Waals surface area contributed by atoms with Gasteiger partial charge in [0.15, 0.2) is 0 Å². The molecular formula is C7H8N2O. The van der Waals surface area contributed by atoms with Crippen molar-refractivity contribution in [1.82, 2.24) is 0 Å². The van der Waals surface area contributed by atoms with E-state index in [1.165, 1.54) is 7.11 Å². The molecule has 10 heavy (non-hydrogen) atoms. The molecule has 0 aromatic rings. The summed E-state index contributed by atoms with van der Waals surface area (Å²) < 4.78 is 4.79. The maximum atomic E-state index is 8.36. The standard InChI is InChI=1S/C7H8N2O/c1-4-7(10-3)6(5-8)9-2/h4H2,1,3H3/b7-6+. The third-order valence-electron chi connectivity index (χ3n) is 1.05. The molecular weight excluding hydrogens is 128 g/mol. The average Bonchev–Trinajstić information content (AvgIpc) is 2.00. The van der Waals surface area contributed by atoms with Crippen LogP contribution >= 0.6 is 0 Å². The smallest absolute Gasteiger partial charge is 0.298 e. The molecule has 3 heteroatoms. The predicted molar refractivity (Wildman–Crippen MR) is 36.5 cm³/mol. The van der Waals surface area contributed by atoms with E-state index in [0.29, 0.717) is 12.2 Å². The van der Waals surface area contributed by atoms with Gasteiger partial charge in [-0.05, 0) is 6.42 Å². The van der Waals surface area contributed by atoms with Crippen molar-refractivity contribution < 1.29 is 4.74 Å². The normalized spacial score (nSPS) is 10.8. The summed E-state index contributed by atoms with van der Waals surface area (Å²) in [6, 6.07) is 1.75. The van der Waals surface area contributed by atoms with E-state index < -0.39 is 0 Å². The number of methoxy groups -OCH3 is 1. The first-order valence-electron chi connectivity index (χ1n) is 2.84. The first kappa shape index (κ1) is 8.52. The van der Waals surface area contributed by atoms with Gasteiger partial charge in [-0.25, -0.2) is 10.1 Å². The molecule has 0 saturated carbocycles.